The summed E-state index contributed by atoms with van der Waals surface area (Å²) < 4.78 is 32.4. The lowest BCUT2D eigenvalue weighted by molar-refractivity contribution is -0.161. The molecule has 0 aliphatic heterocycles. The lowest BCUT2D eigenvalue weighted by Crippen LogP contribution is -2.30. The van der Waals surface area contributed by atoms with Crippen molar-refractivity contribution in [3.05, 3.63) is 60.8 Å². The smallest absolute Gasteiger partial charge is 0.462 e. The third-order valence-corrected chi connectivity index (χ3v) is 9.66. The molecule has 0 aliphatic carbocycles. The Morgan fingerprint density at radius 1 is 0.649 bits per heavy atom. The van der Waals surface area contributed by atoms with Gasteiger partial charge in [-0.05, 0) is 38.0 Å². The quantitative estimate of drug-likeness (QED) is 0.0118. The van der Waals surface area contributed by atoms with Gasteiger partial charge in [-0.3, -0.25) is 18.6 Å². The van der Waals surface area contributed by atoms with Gasteiger partial charge in [0, 0.05) is 12.8 Å². The van der Waals surface area contributed by atoms with Crippen LogP contribution in [-0.2, 0) is 32.7 Å². The molecular formula is C43H75O13P. The van der Waals surface area contributed by atoms with E-state index in [0.717, 1.165) is 38.0 Å². The van der Waals surface area contributed by atoms with Crippen LogP contribution in [0.4, 0.5) is 0 Å². The zero-order valence-corrected chi connectivity index (χ0v) is 35.7. The number of unbranched alkanes of at least 4 members (excludes halogenated alkanes) is 10. The lowest BCUT2D eigenvalue weighted by atomic mass is 10.0. The van der Waals surface area contributed by atoms with Crippen molar-refractivity contribution in [2.24, 2.45) is 5.92 Å². The van der Waals surface area contributed by atoms with Crippen LogP contribution in [0.1, 0.15) is 136 Å². The van der Waals surface area contributed by atoms with Crippen LogP contribution in [0.15, 0.2) is 60.8 Å². The van der Waals surface area contributed by atoms with Gasteiger partial charge in [0.2, 0.25) is 0 Å². The number of hydrogen-bond acceptors (Lipinski definition) is 12. The number of esters is 2. The fraction of sp³-hybridized carbons (Fsp3) is 0.721. The predicted molar refractivity (Wildman–Crippen MR) is 223 cm³/mol. The Hall–Kier alpha value is -2.45. The standard InChI is InChI=1S/C43H75O13P/c1-4-5-19-26-37(45)27-21-16-13-14-17-22-28-40(47)41(48)29-24-31-42(49)53-34-39(35-55-57(51,52)54-33-38(46)32-44)56-43(50)30-23-18-12-10-8-6-7-9-11-15-20-25-36(2)3/h5,13-14,16-17,19,21-22,27-28,36-41,44-48H,4,6-12,15,18,20,23-26,29-35H2,1-3H3,(H,51,52)/b16-13+,17-14-,19-5-,27-21+,28-22-/t37-,38+,39-,40+,41+/m1/s1. The minimum atomic E-state index is -4.70. The second kappa shape index (κ2) is 36.6. The molecule has 6 atom stereocenters. The van der Waals surface area contributed by atoms with Crippen molar-refractivity contribution in [2.45, 2.75) is 167 Å². The largest absolute Gasteiger partial charge is 0.472 e. The number of carbonyl (C=O) groups excluding carboxylic acids is 2. The monoisotopic (exact) mass is 830 g/mol. The van der Waals surface area contributed by atoms with Gasteiger partial charge < -0.3 is 39.9 Å². The van der Waals surface area contributed by atoms with Crippen LogP contribution in [0.3, 0.4) is 0 Å². The first-order valence-corrected chi connectivity index (χ1v) is 22.4. The highest BCUT2D eigenvalue weighted by molar-refractivity contribution is 7.47. The van der Waals surface area contributed by atoms with E-state index in [1.54, 1.807) is 42.5 Å². The van der Waals surface area contributed by atoms with Gasteiger partial charge in [-0.2, -0.15) is 0 Å². The van der Waals surface area contributed by atoms with Gasteiger partial charge in [-0.1, -0.05) is 152 Å². The Morgan fingerprint density at radius 2 is 1.19 bits per heavy atom. The van der Waals surface area contributed by atoms with E-state index >= 15 is 0 Å². The molecular weight excluding hydrogens is 755 g/mol. The number of phosphoric ester groups is 1. The molecule has 14 heteroatoms. The Kier molecular flexibility index (Phi) is 35.0. The normalized spacial score (nSPS) is 16.2. The third-order valence-electron chi connectivity index (χ3n) is 8.71. The Balaban J connectivity index is 4.66. The Morgan fingerprint density at radius 3 is 1.79 bits per heavy atom. The van der Waals surface area contributed by atoms with Crippen molar-refractivity contribution in [3.63, 3.8) is 0 Å². The Labute approximate surface area is 342 Å². The van der Waals surface area contributed by atoms with E-state index in [-0.39, 0.29) is 25.7 Å². The average Bonchev–Trinajstić information content (AvgIpc) is 3.17. The third kappa shape index (κ3) is 36.4. The topological polar surface area (TPSA) is 210 Å². The number of phosphoric acid groups is 1. The number of aliphatic hydroxyl groups excluding tert-OH is 5. The van der Waals surface area contributed by atoms with E-state index in [2.05, 4.69) is 18.4 Å². The second-order valence-electron chi connectivity index (χ2n) is 14.7. The minimum Gasteiger partial charge on any atom is -0.462 e. The van der Waals surface area contributed by atoms with Crippen molar-refractivity contribution in [2.75, 3.05) is 26.4 Å². The summed E-state index contributed by atoms with van der Waals surface area (Å²) in [6, 6.07) is 0. The molecule has 0 rings (SSSR count). The van der Waals surface area contributed by atoms with Crippen molar-refractivity contribution in [3.8, 4) is 0 Å². The summed E-state index contributed by atoms with van der Waals surface area (Å²) in [5, 5.41) is 48.7. The molecule has 0 radical (unpaired) electrons. The van der Waals surface area contributed by atoms with E-state index < -0.39 is 76.7 Å². The number of ether oxygens (including phenoxy) is 2. The summed E-state index contributed by atoms with van der Waals surface area (Å²) in [5.74, 6) is -0.486. The second-order valence-corrected chi connectivity index (χ2v) is 16.1. The van der Waals surface area contributed by atoms with Crippen LogP contribution in [0, 0.1) is 5.92 Å². The molecule has 0 spiro atoms. The lowest BCUT2D eigenvalue weighted by Gasteiger charge is -2.20. The highest BCUT2D eigenvalue weighted by atomic mass is 31.2. The fourth-order valence-corrected chi connectivity index (χ4v) is 6.13. The van der Waals surface area contributed by atoms with E-state index in [0.29, 0.717) is 12.8 Å². The molecule has 0 aliphatic rings. The molecule has 0 amide bonds. The van der Waals surface area contributed by atoms with Crippen molar-refractivity contribution in [1.82, 2.24) is 0 Å². The highest BCUT2D eigenvalue weighted by Gasteiger charge is 2.27. The number of aliphatic hydroxyl groups is 5. The number of rotatable bonds is 37. The summed E-state index contributed by atoms with van der Waals surface area (Å²) in [5.41, 5.74) is 0. The van der Waals surface area contributed by atoms with E-state index in [1.165, 1.54) is 51.0 Å². The van der Waals surface area contributed by atoms with Crippen molar-refractivity contribution >= 4 is 19.8 Å². The number of hydrogen-bond donors (Lipinski definition) is 6. The SMILES string of the molecule is CC/C=C\C[C@@H](O)/C=C/C=C/C=C\C=C/[C@H](O)[C@@H](O)CCCC(=O)OC[C@H](COP(=O)(O)OC[C@@H](O)CO)OC(=O)CCCCCCCCCCCCCC(C)C. The molecule has 6 N–H and O–H groups in total. The maximum atomic E-state index is 12.6. The molecule has 0 fully saturated rings. The number of allylic oxidation sites excluding steroid dienone is 7. The van der Waals surface area contributed by atoms with Crippen LogP contribution in [0.2, 0.25) is 0 Å². The fourth-order valence-electron chi connectivity index (χ4n) is 5.34. The molecule has 1 unspecified atom stereocenters. The zero-order valence-electron chi connectivity index (χ0n) is 34.8. The molecule has 330 valence electrons. The van der Waals surface area contributed by atoms with Gasteiger partial charge in [-0.15, -0.1) is 0 Å². The molecule has 0 heterocycles. The summed E-state index contributed by atoms with van der Waals surface area (Å²) in [4.78, 5) is 35.0. The molecule has 0 saturated carbocycles. The molecule has 0 aromatic carbocycles. The van der Waals surface area contributed by atoms with E-state index in [4.69, 9.17) is 19.1 Å². The molecule has 0 saturated heterocycles. The average molecular weight is 831 g/mol. The van der Waals surface area contributed by atoms with Crippen LogP contribution in [-0.4, -0.2) is 99.3 Å². The van der Waals surface area contributed by atoms with Gasteiger partial charge in [0.15, 0.2) is 6.10 Å². The van der Waals surface area contributed by atoms with E-state index in [9.17, 15) is 39.5 Å². The highest BCUT2D eigenvalue weighted by Crippen LogP contribution is 2.43. The summed E-state index contributed by atoms with van der Waals surface area (Å²) in [6.07, 6.45) is 27.2. The summed E-state index contributed by atoms with van der Waals surface area (Å²) in [7, 11) is -4.70. The molecule has 13 nitrogen and oxygen atoms in total. The number of carbonyl (C=O) groups is 2. The zero-order chi connectivity index (χ0) is 42.6. The van der Waals surface area contributed by atoms with E-state index in [1.807, 2.05) is 19.1 Å². The first-order chi connectivity index (χ1) is 27.3. The van der Waals surface area contributed by atoms with Crippen molar-refractivity contribution < 1.29 is 63.1 Å². The molecule has 57 heavy (non-hydrogen) atoms. The van der Waals surface area contributed by atoms with Crippen LogP contribution in [0.5, 0.6) is 0 Å². The van der Waals surface area contributed by atoms with Gasteiger partial charge in [0.05, 0.1) is 38.1 Å². The van der Waals surface area contributed by atoms with Crippen LogP contribution < -0.4 is 0 Å². The minimum absolute atomic E-state index is 0.0929. The first kappa shape index (κ1) is 54.6. The van der Waals surface area contributed by atoms with Gasteiger partial charge in [0.1, 0.15) is 12.7 Å². The maximum absolute atomic E-state index is 12.6. The summed E-state index contributed by atoms with van der Waals surface area (Å²) >= 11 is 0. The molecule has 0 bridgehead atoms. The van der Waals surface area contributed by atoms with Gasteiger partial charge in [-0.25, -0.2) is 4.57 Å². The molecule has 0 aromatic rings. The van der Waals surface area contributed by atoms with Crippen LogP contribution >= 0.6 is 7.82 Å². The first-order valence-electron chi connectivity index (χ1n) is 20.9. The predicted octanol–water partition coefficient (Wildman–Crippen LogP) is 7.49. The maximum Gasteiger partial charge on any atom is 0.472 e. The Bertz CT molecular complexity index is 1200. The van der Waals surface area contributed by atoms with Gasteiger partial charge in [0.25, 0.3) is 0 Å². The summed E-state index contributed by atoms with van der Waals surface area (Å²) in [6.45, 7) is 4.08. The van der Waals surface area contributed by atoms with Crippen molar-refractivity contribution in [1.29, 1.82) is 0 Å². The van der Waals surface area contributed by atoms with Gasteiger partial charge >= 0.3 is 19.8 Å². The molecule has 0 aromatic heterocycles. The van der Waals surface area contributed by atoms with Crippen LogP contribution in [0.25, 0.3) is 0 Å².